The molecule has 0 radical (unpaired) electrons. The Morgan fingerprint density at radius 1 is 1.25 bits per heavy atom. The molecule has 1 aromatic rings. The normalized spacial score (nSPS) is 16.7. The van der Waals surface area contributed by atoms with Crippen LogP contribution in [0.4, 0.5) is 0 Å². The Morgan fingerprint density at radius 2 is 1.90 bits per heavy atom. The second-order valence-corrected chi connectivity index (χ2v) is 5.12. The van der Waals surface area contributed by atoms with E-state index in [0.29, 0.717) is 6.04 Å². The van der Waals surface area contributed by atoms with E-state index in [1.807, 2.05) is 0 Å². The maximum atomic E-state index is 3.93. The quantitative estimate of drug-likeness (QED) is 0.853. The van der Waals surface area contributed by atoms with Gasteiger partial charge in [0.05, 0.1) is 0 Å². The first-order chi connectivity index (χ1) is 8.74. The molecule has 0 saturated carbocycles. The molecule has 114 valence electrons. The third-order valence-electron chi connectivity index (χ3n) is 3.99. The first kappa shape index (κ1) is 19.5. The maximum Gasteiger partial charge on any atom is 0.0386 e. The Morgan fingerprint density at radius 3 is 2.50 bits per heavy atom. The minimum Gasteiger partial charge on any atom is -0.314 e. The SMILES string of the molecule is C=CC[C@@H](c1cccc(C)c1C)N1CCNCC1.Cl.Cl. The molecule has 1 aliphatic heterocycles. The molecule has 2 nitrogen and oxygen atoms in total. The van der Waals surface area contributed by atoms with E-state index < -0.39 is 0 Å². The molecule has 1 fully saturated rings. The molecular weight excluding hydrogens is 291 g/mol. The highest BCUT2D eigenvalue weighted by Crippen LogP contribution is 2.29. The summed E-state index contributed by atoms with van der Waals surface area (Å²) in [6.45, 7) is 12.8. The molecule has 0 unspecified atom stereocenters. The van der Waals surface area contributed by atoms with Crippen molar-refractivity contribution < 1.29 is 0 Å². The third-order valence-corrected chi connectivity index (χ3v) is 3.99. The number of hydrogen-bond acceptors (Lipinski definition) is 2. The van der Waals surface area contributed by atoms with Crippen LogP contribution in [0.3, 0.4) is 0 Å². The molecule has 0 aliphatic carbocycles. The lowest BCUT2D eigenvalue weighted by molar-refractivity contribution is 0.174. The Bertz CT molecular complexity index is 415. The van der Waals surface area contributed by atoms with Gasteiger partial charge in [0.2, 0.25) is 0 Å². The molecule has 0 amide bonds. The van der Waals surface area contributed by atoms with Gasteiger partial charge in [0.15, 0.2) is 0 Å². The zero-order valence-electron chi connectivity index (χ0n) is 12.4. The van der Waals surface area contributed by atoms with Gasteiger partial charge in [-0.2, -0.15) is 0 Å². The van der Waals surface area contributed by atoms with Gasteiger partial charge in [0.1, 0.15) is 0 Å². The lowest BCUT2D eigenvalue weighted by Crippen LogP contribution is -2.45. The van der Waals surface area contributed by atoms with Crippen molar-refractivity contribution in [2.45, 2.75) is 26.3 Å². The number of nitrogens with zero attached hydrogens (tertiary/aromatic N) is 1. The lowest BCUT2D eigenvalue weighted by Gasteiger charge is -2.35. The van der Waals surface area contributed by atoms with Gasteiger partial charge in [0.25, 0.3) is 0 Å². The van der Waals surface area contributed by atoms with Crippen LogP contribution in [0.1, 0.15) is 29.2 Å². The van der Waals surface area contributed by atoms with Crippen LogP contribution in [0, 0.1) is 13.8 Å². The lowest BCUT2D eigenvalue weighted by atomic mass is 9.94. The number of benzene rings is 1. The Hall–Kier alpha value is -0.540. The average Bonchev–Trinajstić information content (AvgIpc) is 2.41. The molecule has 2 rings (SSSR count). The van der Waals surface area contributed by atoms with Crippen molar-refractivity contribution in [3.63, 3.8) is 0 Å². The van der Waals surface area contributed by atoms with Crippen LogP contribution in [0.5, 0.6) is 0 Å². The molecular formula is C16H26Cl2N2. The van der Waals surface area contributed by atoms with Crippen molar-refractivity contribution >= 4 is 24.8 Å². The molecule has 1 aliphatic rings. The molecule has 20 heavy (non-hydrogen) atoms. The predicted molar refractivity (Wildman–Crippen MR) is 92.4 cm³/mol. The third kappa shape index (κ3) is 4.49. The molecule has 1 N–H and O–H groups in total. The van der Waals surface area contributed by atoms with E-state index in [4.69, 9.17) is 0 Å². The number of aryl methyl sites for hydroxylation is 1. The van der Waals surface area contributed by atoms with E-state index in [9.17, 15) is 0 Å². The maximum absolute atomic E-state index is 3.93. The van der Waals surface area contributed by atoms with Gasteiger partial charge in [-0.25, -0.2) is 0 Å². The van der Waals surface area contributed by atoms with Crippen molar-refractivity contribution in [3.8, 4) is 0 Å². The van der Waals surface area contributed by atoms with Crippen molar-refractivity contribution in [3.05, 3.63) is 47.5 Å². The van der Waals surface area contributed by atoms with Crippen LogP contribution < -0.4 is 5.32 Å². The van der Waals surface area contributed by atoms with Crippen LogP contribution in [0.25, 0.3) is 0 Å². The van der Waals surface area contributed by atoms with E-state index in [1.165, 1.54) is 16.7 Å². The first-order valence-corrected chi connectivity index (χ1v) is 6.86. The highest BCUT2D eigenvalue weighted by Gasteiger charge is 2.22. The number of hydrogen-bond donors (Lipinski definition) is 1. The van der Waals surface area contributed by atoms with Crippen LogP contribution in [-0.4, -0.2) is 31.1 Å². The fourth-order valence-corrected chi connectivity index (χ4v) is 2.76. The summed E-state index contributed by atoms with van der Waals surface area (Å²) in [4.78, 5) is 2.58. The van der Waals surface area contributed by atoms with E-state index >= 15 is 0 Å². The molecule has 1 saturated heterocycles. The predicted octanol–water partition coefficient (Wildman–Crippen LogP) is 3.67. The van der Waals surface area contributed by atoms with Crippen molar-refractivity contribution in [1.82, 2.24) is 10.2 Å². The van der Waals surface area contributed by atoms with Crippen molar-refractivity contribution in [2.24, 2.45) is 0 Å². The summed E-state index contributed by atoms with van der Waals surface area (Å²) in [5, 5.41) is 3.42. The smallest absolute Gasteiger partial charge is 0.0386 e. The summed E-state index contributed by atoms with van der Waals surface area (Å²) >= 11 is 0. The van der Waals surface area contributed by atoms with Gasteiger partial charge in [-0.1, -0.05) is 24.3 Å². The Kier molecular flexibility index (Phi) is 9.15. The molecule has 4 heteroatoms. The molecule has 1 heterocycles. The fraction of sp³-hybridized carbons (Fsp3) is 0.500. The summed E-state index contributed by atoms with van der Waals surface area (Å²) in [6, 6.07) is 7.14. The van der Waals surface area contributed by atoms with E-state index in [-0.39, 0.29) is 24.8 Å². The summed E-state index contributed by atoms with van der Waals surface area (Å²) in [6.07, 6.45) is 3.08. The molecule has 0 bridgehead atoms. The standard InChI is InChI=1S/C16H24N2.2ClH/c1-4-6-16(18-11-9-17-10-12-18)15-8-5-7-13(2)14(15)3;;/h4-5,7-8,16-17H,1,6,9-12H2,2-3H3;2*1H/t16-;;/m0../s1. The zero-order valence-corrected chi connectivity index (χ0v) is 14.0. The fourth-order valence-electron chi connectivity index (χ4n) is 2.76. The minimum absolute atomic E-state index is 0. The van der Waals surface area contributed by atoms with Gasteiger partial charge in [-0.15, -0.1) is 31.4 Å². The molecule has 1 aromatic carbocycles. The second kappa shape index (κ2) is 9.41. The van der Waals surface area contributed by atoms with Crippen LogP contribution in [0.15, 0.2) is 30.9 Å². The van der Waals surface area contributed by atoms with Crippen LogP contribution in [-0.2, 0) is 0 Å². The number of piperazine rings is 1. The van der Waals surface area contributed by atoms with Gasteiger partial charge in [-0.3, -0.25) is 4.90 Å². The second-order valence-electron chi connectivity index (χ2n) is 5.12. The van der Waals surface area contributed by atoms with E-state index in [0.717, 1.165) is 32.6 Å². The minimum atomic E-state index is 0. The van der Waals surface area contributed by atoms with Gasteiger partial charge in [0, 0.05) is 32.2 Å². The number of halogens is 2. The topological polar surface area (TPSA) is 15.3 Å². The molecule has 0 spiro atoms. The molecule has 1 atom stereocenters. The summed E-state index contributed by atoms with van der Waals surface area (Å²) in [5.74, 6) is 0. The summed E-state index contributed by atoms with van der Waals surface area (Å²) in [7, 11) is 0. The molecule has 0 aromatic heterocycles. The van der Waals surface area contributed by atoms with Crippen molar-refractivity contribution in [1.29, 1.82) is 0 Å². The van der Waals surface area contributed by atoms with Gasteiger partial charge in [-0.05, 0) is 37.0 Å². The highest BCUT2D eigenvalue weighted by molar-refractivity contribution is 5.85. The van der Waals surface area contributed by atoms with Crippen LogP contribution >= 0.6 is 24.8 Å². The van der Waals surface area contributed by atoms with Gasteiger partial charge >= 0.3 is 0 Å². The largest absolute Gasteiger partial charge is 0.314 e. The van der Waals surface area contributed by atoms with Crippen LogP contribution in [0.2, 0.25) is 0 Å². The summed E-state index contributed by atoms with van der Waals surface area (Å²) < 4.78 is 0. The highest BCUT2D eigenvalue weighted by atomic mass is 35.5. The number of rotatable bonds is 4. The average molecular weight is 317 g/mol. The summed E-state index contributed by atoms with van der Waals surface area (Å²) in [5.41, 5.74) is 4.29. The Balaban J connectivity index is 0.00000180. The first-order valence-electron chi connectivity index (χ1n) is 6.86. The van der Waals surface area contributed by atoms with E-state index in [2.05, 4.69) is 54.9 Å². The number of nitrogens with one attached hydrogen (secondary N) is 1. The van der Waals surface area contributed by atoms with E-state index in [1.54, 1.807) is 0 Å². The van der Waals surface area contributed by atoms with Crippen molar-refractivity contribution in [2.75, 3.05) is 26.2 Å². The van der Waals surface area contributed by atoms with Gasteiger partial charge < -0.3 is 5.32 Å². The monoisotopic (exact) mass is 316 g/mol. The zero-order chi connectivity index (χ0) is 13.0. The Labute approximate surface area is 135 Å².